The molecule has 0 radical (unpaired) electrons. The Hall–Kier alpha value is -3.41. The first-order valence-electron chi connectivity index (χ1n) is 8.32. The maximum absolute atomic E-state index is 12.8. The minimum atomic E-state index is -0.318. The van der Waals surface area contributed by atoms with Crippen molar-refractivity contribution in [2.75, 3.05) is 7.05 Å². The number of pyridine rings is 1. The van der Waals surface area contributed by atoms with E-state index in [1.54, 1.807) is 12.4 Å². The lowest BCUT2D eigenvalue weighted by atomic mass is 10.0. The molecule has 1 aliphatic rings. The van der Waals surface area contributed by atoms with Gasteiger partial charge in [0.15, 0.2) is 0 Å². The molecule has 0 saturated heterocycles. The van der Waals surface area contributed by atoms with Gasteiger partial charge in [0.05, 0.1) is 5.57 Å². The smallest absolute Gasteiger partial charge is 0.277 e. The molecule has 1 aliphatic heterocycles. The second kappa shape index (κ2) is 6.15. The molecule has 0 atom stereocenters. The van der Waals surface area contributed by atoms with E-state index < -0.39 is 0 Å². The normalized spacial score (nSPS) is 14.6. The monoisotopic (exact) mass is 346 g/mol. The maximum Gasteiger partial charge on any atom is 0.277 e. The average molecular weight is 346 g/mol. The molecule has 6 nitrogen and oxygen atoms in total. The van der Waals surface area contributed by atoms with Gasteiger partial charge < -0.3 is 9.88 Å². The van der Waals surface area contributed by atoms with Crippen LogP contribution in [0, 0.1) is 0 Å². The zero-order chi connectivity index (χ0) is 18.3. The molecule has 3 aromatic rings. The molecule has 3 heterocycles. The van der Waals surface area contributed by atoms with Gasteiger partial charge in [-0.1, -0.05) is 24.3 Å². The molecule has 2 aromatic heterocycles. The number of aryl methyl sites for hydroxylation is 1. The number of hydrogen-bond donors (Lipinski definition) is 1. The van der Waals surface area contributed by atoms with Gasteiger partial charge in [-0.2, -0.15) is 0 Å². The molecule has 1 N–H and O–H groups in total. The summed E-state index contributed by atoms with van der Waals surface area (Å²) < 4.78 is 1.96. The van der Waals surface area contributed by atoms with Crippen LogP contribution >= 0.6 is 0 Å². The van der Waals surface area contributed by atoms with E-state index in [4.69, 9.17) is 0 Å². The van der Waals surface area contributed by atoms with Gasteiger partial charge in [-0.05, 0) is 17.7 Å². The molecule has 0 unspecified atom stereocenters. The average Bonchev–Trinajstić information content (AvgIpc) is 3.10. The van der Waals surface area contributed by atoms with E-state index >= 15 is 0 Å². The molecule has 26 heavy (non-hydrogen) atoms. The number of benzene rings is 1. The second-order valence-corrected chi connectivity index (χ2v) is 6.30. The lowest BCUT2D eigenvalue weighted by Crippen LogP contribution is -2.29. The van der Waals surface area contributed by atoms with Gasteiger partial charge in [0.1, 0.15) is 5.70 Å². The van der Waals surface area contributed by atoms with Crippen molar-refractivity contribution in [1.29, 1.82) is 0 Å². The molecular formula is C20H18N4O2. The highest BCUT2D eigenvalue weighted by molar-refractivity contribution is 6.36. The van der Waals surface area contributed by atoms with Gasteiger partial charge in [0, 0.05) is 55.7 Å². The first-order chi connectivity index (χ1) is 12.6. The fraction of sp³-hybridized carbons (Fsp3) is 0.150. The Balaban J connectivity index is 1.82. The summed E-state index contributed by atoms with van der Waals surface area (Å²) >= 11 is 0. The number of nitrogens with one attached hydrogen (secondary N) is 1. The topological polar surface area (TPSA) is 67.2 Å². The van der Waals surface area contributed by atoms with E-state index in [0.717, 1.165) is 26.9 Å². The van der Waals surface area contributed by atoms with Crippen molar-refractivity contribution in [3.05, 3.63) is 71.8 Å². The number of carbonyl (C=O) groups excluding carboxylic acids is 2. The number of amides is 2. The molecule has 2 amide bonds. The summed E-state index contributed by atoms with van der Waals surface area (Å²) in [5.74, 6) is -0.609. The van der Waals surface area contributed by atoms with Crippen molar-refractivity contribution in [3.8, 4) is 0 Å². The van der Waals surface area contributed by atoms with Crippen LogP contribution in [0.15, 0.2) is 60.7 Å². The Kier molecular flexibility index (Phi) is 3.80. The van der Waals surface area contributed by atoms with Gasteiger partial charge in [0.25, 0.3) is 11.8 Å². The van der Waals surface area contributed by atoms with Crippen molar-refractivity contribution < 1.29 is 9.59 Å². The van der Waals surface area contributed by atoms with Crippen LogP contribution in [0.4, 0.5) is 0 Å². The lowest BCUT2D eigenvalue weighted by Gasteiger charge is -2.08. The highest BCUT2D eigenvalue weighted by Gasteiger charge is 2.37. The number of rotatable bonds is 4. The molecule has 0 saturated carbocycles. The summed E-state index contributed by atoms with van der Waals surface area (Å²) in [6.07, 6.45) is 5.33. The Labute approximate surface area is 150 Å². The Morgan fingerprint density at radius 3 is 2.62 bits per heavy atom. The second-order valence-electron chi connectivity index (χ2n) is 6.30. The number of para-hydroxylation sites is 1. The number of carbonyl (C=O) groups is 2. The van der Waals surface area contributed by atoms with Crippen LogP contribution in [-0.4, -0.2) is 33.3 Å². The standard InChI is InChI=1S/C20H18N4O2/c1-23-12-15(14-7-3-4-8-16(14)23)17-18(20(26)24(2)19(17)25)22-11-13-6-5-9-21-10-13/h3-10,12,22H,11H2,1-2H3. The number of nitrogens with zero attached hydrogens (tertiary/aromatic N) is 3. The van der Waals surface area contributed by atoms with E-state index in [9.17, 15) is 9.59 Å². The summed E-state index contributed by atoms with van der Waals surface area (Å²) in [6, 6.07) is 11.6. The highest BCUT2D eigenvalue weighted by Crippen LogP contribution is 2.33. The predicted molar refractivity (Wildman–Crippen MR) is 98.7 cm³/mol. The number of hydrogen-bond acceptors (Lipinski definition) is 4. The van der Waals surface area contributed by atoms with Crippen LogP contribution in [0.1, 0.15) is 11.1 Å². The van der Waals surface area contributed by atoms with E-state index in [1.807, 2.05) is 54.2 Å². The van der Waals surface area contributed by atoms with Gasteiger partial charge in [0.2, 0.25) is 0 Å². The van der Waals surface area contributed by atoms with Crippen LogP contribution in [0.2, 0.25) is 0 Å². The minimum absolute atomic E-state index is 0.292. The molecule has 0 fully saturated rings. The molecule has 0 bridgehead atoms. The van der Waals surface area contributed by atoms with Crippen LogP contribution in [0.3, 0.4) is 0 Å². The largest absolute Gasteiger partial charge is 0.376 e. The number of aromatic nitrogens is 2. The third-order valence-corrected chi connectivity index (χ3v) is 4.65. The Bertz CT molecular complexity index is 1050. The zero-order valence-corrected chi connectivity index (χ0v) is 14.6. The quantitative estimate of drug-likeness (QED) is 0.735. The third-order valence-electron chi connectivity index (χ3n) is 4.65. The Morgan fingerprint density at radius 2 is 1.85 bits per heavy atom. The van der Waals surface area contributed by atoms with Crippen molar-refractivity contribution in [2.45, 2.75) is 6.54 Å². The van der Waals surface area contributed by atoms with Gasteiger partial charge in [-0.15, -0.1) is 0 Å². The van der Waals surface area contributed by atoms with Crippen LogP contribution in [0.5, 0.6) is 0 Å². The van der Waals surface area contributed by atoms with Gasteiger partial charge >= 0.3 is 0 Å². The highest BCUT2D eigenvalue weighted by atomic mass is 16.2. The first kappa shape index (κ1) is 16.1. The van der Waals surface area contributed by atoms with Crippen LogP contribution in [-0.2, 0) is 23.2 Å². The van der Waals surface area contributed by atoms with Crippen molar-refractivity contribution in [3.63, 3.8) is 0 Å². The summed E-state index contributed by atoms with van der Waals surface area (Å²) in [4.78, 5) is 30.6. The van der Waals surface area contributed by atoms with E-state index in [-0.39, 0.29) is 11.8 Å². The van der Waals surface area contributed by atoms with Gasteiger partial charge in [-0.25, -0.2) is 0 Å². The SMILES string of the molecule is CN1C(=O)C(NCc2cccnc2)=C(c2cn(C)c3ccccc23)C1=O. The molecule has 0 aliphatic carbocycles. The van der Waals surface area contributed by atoms with Crippen molar-refractivity contribution in [2.24, 2.45) is 7.05 Å². The van der Waals surface area contributed by atoms with Crippen molar-refractivity contribution in [1.82, 2.24) is 19.8 Å². The van der Waals surface area contributed by atoms with Crippen LogP contribution < -0.4 is 5.32 Å². The Morgan fingerprint density at radius 1 is 1.04 bits per heavy atom. The molecule has 0 spiro atoms. The van der Waals surface area contributed by atoms with E-state index in [1.165, 1.54) is 7.05 Å². The fourth-order valence-electron chi connectivity index (χ4n) is 3.29. The molecule has 6 heteroatoms. The molecule has 1 aromatic carbocycles. The molecule has 4 rings (SSSR count). The third kappa shape index (κ3) is 2.47. The minimum Gasteiger partial charge on any atom is -0.376 e. The predicted octanol–water partition coefficient (Wildman–Crippen LogP) is 2.07. The summed E-state index contributed by atoms with van der Waals surface area (Å²) in [6.45, 7) is 0.421. The summed E-state index contributed by atoms with van der Waals surface area (Å²) in [5, 5.41) is 4.10. The zero-order valence-electron chi connectivity index (χ0n) is 14.6. The number of fused-ring (bicyclic) bond motifs is 1. The molecule has 130 valence electrons. The summed E-state index contributed by atoms with van der Waals surface area (Å²) in [5.41, 5.74) is 3.46. The van der Waals surface area contributed by atoms with E-state index in [0.29, 0.717) is 17.8 Å². The number of likely N-dealkylation sites (N-methyl/N-ethyl adjacent to an activating group) is 1. The maximum atomic E-state index is 12.8. The number of imide groups is 1. The lowest BCUT2D eigenvalue weighted by molar-refractivity contribution is -0.135. The fourth-order valence-corrected chi connectivity index (χ4v) is 3.29. The summed E-state index contributed by atoms with van der Waals surface area (Å²) in [7, 11) is 3.44. The first-order valence-corrected chi connectivity index (χ1v) is 8.32. The van der Waals surface area contributed by atoms with E-state index in [2.05, 4.69) is 10.3 Å². The van der Waals surface area contributed by atoms with Crippen molar-refractivity contribution >= 4 is 28.3 Å². The van der Waals surface area contributed by atoms with Gasteiger partial charge in [-0.3, -0.25) is 19.5 Å². The molecular weight excluding hydrogens is 328 g/mol. The van der Waals surface area contributed by atoms with Crippen LogP contribution in [0.25, 0.3) is 16.5 Å².